The van der Waals surface area contributed by atoms with Crippen molar-refractivity contribution in [1.82, 2.24) is 10.2 Å². The third-order valence-corrected chi connectivity index (χ3v) is 3.70. The maximum absolute atomic E-state index is 12.5. The van der Waals surface area contributed by atoms with E-state index in [9.17, 15) is 13.2 Å². The lowest BCUT2D eigenvalue weighted by Crippen LogP contribution is -2.19. The van der Waals surface area contributed by atoms with Gasteiger partial charge in [-0.1, -0.05) is 6.42 Å². The maximum atomic E-state index is 12.5. The molecule has 0 amide bonds. The predicted octanol–water partition coefficient (Wildman–Crippen LogP) is 4.15. The molecule has 118 valence electrons. The van der Waals surface area contributed by atoms with Gasteiger partial charge in [0.1, 0.15) is 11.5 Å². The number of rotatable bonds is 5. The van der Waals surface area contributed by atoms with E-state index < -0.39 is 6.36 Å². The molecule has 0 spiro atoms. The molecule has 1 heterocycles. The lowest BCUT2D eigenvalue weighted by Gasteiger charge is -2.25. The summed E-state index contributed by atoms with van der Waals surface area (Å²) in [7, 11) is 0. The number of benzene rings is 1. The Balaban J connectivity index is 1.83. The molecule has 0 unspecified atom stereocenters. The molecule has 0 aliphatic heterocycles. The lowest BCUT2D eigenvalue weighted by atomic mass is 9.86. The summed E-state index contributed by atoms with van der Waals surface area (Å²) in [5.41, 5.74) is 0.797. The molecule has 1 N–H and O–H groups in total. The molecule has 1 aromatic heterocycles. The van der Waals surface area contributed by atoms with E-state index in [1.165, 1.54) is 30.9 Å². The van der Waals surface area contributed by atoms with Crippen molar-refractivity contribution < 1.29 is 22.6 Å². The molecule has 0 bridgehead atoms. The molecule has 0 radical (unpaired) electrons. The summed E-state index contributed by atoms with van der Waals surface area (Å²) in [6.45, 7) is 0.588. The summed E-state index contributed by atoms with van der Waals surface area (Å²) in [5.74, 6) is 0.797. The molecule has 2 aromatic rings. The first-order valence-corrected chi connectivity index (χ1v) is 7.03. The zero-order valence-corrected chi connectivity index (χ0v) is 11.7. The monoisotopic (exact) mass is 312 g/mol. The van der Waals surface area contributed by atoms with Crippen LogP contribution >= 0.6 is 0 Å². The molecule has 7 heteroatoms. The highest BCUT2D eigenvalue weighted by Gasteiger charge is 2.32. The number of nitrogens with zero attached hydrogens (tertiary/aromatic N) is 1. The molecule has 22 heavy (non-hydrogen) atoms. The van der Waals surface area contributed by atoms with Gasteiger partial charge in [0.05, 0.1) is 12.8 Å². The van der Waals surface area contributed by atoms with Crippen molar-refractivity contribution in [3.05, 3.63) is 30.6 Å². The summed E-state index contributed by atoms with van der Waals surface area (Å²) in [4.78, 5) is 0. The van der Waals surface area contributed by atoms with Crippen LogP contribution in [0.2, 0.25) is 0 Å². The van der Waals surface area contributed by atoms with Gasteiger partial charge < -0.3 is 9.47 Å². The van der Waals surface area contributed by atoms with E-state index in [2.05, 4.69) is 14.9 Å². The minimum Gasteiger partial charge on any atom is -0.493 e. The molecule has 1 saturated carbocycles. The molecule has 0 atom stereocenters. The van der Waals surface area contributed by atoms with Crippen molar-refractivity contribution in [2.75, 3.05) is 6.61 Å². The number of hydrogen-bond acceptors (Lipinski definition) is 3. The minimum absolute atomic E-state index is 0.273. The van der Waals surface area contributed by atoms with E-state index in [4.69, 9.17) is 4.74 Å². The van der Waals surface area contributed by atoms with Gasteiger partial charge >= 0.3 is 6.36 Å². The Morgan fingerprint density at radius 1 is 1.27 bits per heavy atom. The van der Waals surface area contributed by atoms with Crippen LogP contribution in [0, 0.1) is 5.92 Å². The third-order valence-electron chi connectivity index (χ3n) is 3.70. The number of ether oxygens (including phenoxy) is 2. The molecular formula is C15H15F3N2O2. The van der Waals surface area contributed by atoms with Gasteiger partial charge in [0.2, 0.25) is 0 Å². The second-order valence-corrected chi connectivity index (χ2v) is 5.30. The number of halogens is 3. The van der Waals surface area contributed by atoms with E-state index in [1.807, 2.05) is 0 Å². The highest BCUT2D eigenvalue weighted by molar-refractivity contribution is 5.71. The number of nitrogens with one attached hydrogen (secondary N) is 1. The van der Waals surface area contributed by atoms with Crippen molar-refractivity contribution in [2.24, 2.45) is 5.92 Å². The van der Waals surface area contributed by atoms with Crippen molar-refractivity contribution in [3.8, 4) is 22.6 Å². The quantitative estimate of drug-likeness (QED) is 0.902. The van der Waals surface area contributed by atoms with Crippen molar-refractivity contribution in [1.29, 1.82) is 0 Å². The van der Waals surface area contributed by atoms with Gasteiger partial charge in [-0.2, -0.15) is 5.10 Å². The predicted molar refractivity (Wildman–Crippen MR) is 73.5 cm³/mol. The molecule has 1 aromatic carbocycles. The number of alkyl halides is 3. The number of aromatic amines is 1. The number of H-pyrrole nitrogens is 1. The van der Waals surface area contributed by atoms with Crippen LogP contribution in [0.5, 0.6) is 11.5 Å². The lowest BCUT2D eigenvalue weighted by molar-refractivity contribution is -0.274. The van der Waals surface area contributed by atoms with Crippen molar-refractivity contribution >= 4 is 0 Å². The molecule has 1 aliphatic rings. The maximum Gasteiger partial charge on any atom is 0.573 e. The zero-order chi connectivity index (χ0) is 15.6. The summed E-state index contributed by atoms with van der Waals surface area (Å²) >= 11 is 0. The van der Waals surface area contributed by atoms with Crippen LogP contribution in [0.15, 0.2) is 30.6 Å². The fraction of sp³-hybridized carbons (Fsp3) is 0.400. The normalized spacial score (nSPS) is 15.4. The van der Waals surface area contributed by atoms with E-state index in [0.717, 1.165) is 12.8 Å². The largest absolute Gasteiger partial charge is 0.573 e. The molecular weight excluding hydrogens is 297 g/mol. The van der Waals surface area contributed by atoms with Crippen LogP contribution in [-0.4, -0.2) is 23.2 Å². The highest BCUT2D eigenvalue weighted by Crippen LogP contribution is 2.36. The standard InChI is InChI=1S/C15H15F3N2O2/c16-15(17,18)22-14-5-4-12(21-9-10-2-1-3-10)6-13(14)11-7-19-20-8-11/h4-8,10H,1-3,9H2,(H,19,20). The molecule has 0 saturated heterocycles. The van der Waals surface area contributed by atoms with E-state index >= 15 is 0 Å². The van der Waals surface area contributed by atoms with Gasteiger partial charge in [-0.25, -0.2) is 0 Å². The van der Waals surface area contributed by atoms with Crippen LogP contribution in [-0.2, 0) is 0 Å². The average molecular weight is 312 g/mol. The van der Waals surface area contributed by atoms with Crippen molar-refractivity contribution in [3.63, 3.8) is 0 Å². The Kier molecular flexibility index (Phi) is 3.96. The first-order chi connectivity index (χ1) is 10.5. The van der Waals surface area contributed by atoms with Gasteiger partial charge in [-0.3, -0.25) is 5.10 Å². The van der Waals surface area contributed by atoms with E-state index in [-0.39, 0.29) is 11.3 Å². The van der Waals surface area contributed by atoms with Gasteiger partial charge in [-0.15, -0.1) is 13.2 Å². The Bertz CT molecular complexity index is 622. The van der Waals surface area contributed by atoms with Gasteiger partial charge in [-0.05, 0) is 37.0 Å². The van der Waals surface area contributed by atoms with Crippen LogP contribution in [0.4, 0.5) is 13.2 Å². The van der Waals surface area contributed by atoms with Gasteiger partial charge in [0.15, 0.2) is 0 Å². The fourth-order valence-electron chi connectivity index (χ4n) is 2.31. The van der Waals surface area contributed by atoms with Crippen LogP contribution in [0.3, 0.4) is 0 Å². The van der Waals surface area contributed by atoms with Crippen LogP contribution in [0.25, 0.3) is 11.1 Å². The second kappa shape index (κ2) is 5.90. The molecule has 4 nitrogen and oxygen atoms in total. The Labute approximate surface area is 125 Å². The SMILES string of the molecule is FC(F)(F)Oc1ccc(OCC2CCC2)cc1-c1cn[nH]c1. The topological polar surface area (TPSA) is 47.1 Å². The first kappa shape index (κ1) is 14.7. The first-order valence-electron chi connectivity index (χ1n) is 7.03. The Morgan fingerprint density at radius 3 is 2.68 bits per heavy atom. The van der Waals surface area contributed by atoms with Gasteiger partial charge in [0, 0.05) is 17.3 Å². The average Bonchev–Trinajstić information content (AvgIpc) is 2.90. The summed E-state index contributed by atoms with van der Waals surface area (Å²) in [5, 5.41) is 6.34. The number of aromatic nitrogens is 2. The summed E-state index contributed by atoms with van der Waals surface area (Å²) < 4.78 is 47.2. The second-order valence-electron chi connectivity index (χ2n) is 5.30. The third kappa shape index (κ3) is 3.52. The minimum atomic E-state index is -4.74. The molecule has 3 rings (SSSR count). The molecule has 1 aliphatic carbocycles. The van der Waals surface area contributed by atoms with Crippen molar-refractivity contribution in [2.45, 2.75) is 25.6 Å². The molecule has 1 fully saturated rings. The Hall–Kier alpha value is -2.18. The smallest absolute Gasteiger partial charge is 0.493 e. The van der Waals surface area contributed by atoms with Crippen LogP contribution in [0.1, 0.15) is 19.3 Å². The summed E-state index contributed by atoms with van der Waals surface area (Å²) in [6, 6.07) is 4.31. The number of hydrogen-bond donors (Lipinski definition) is 1. The van der Waals surface area contributed by atoms with E-state index in [0.29, 0.717) is 23.8 Å². The van der Waals surface area contributed by atoms with Gasteiger partial charge in [0.25, 0.3) is 0 Å². The highest BCUT2D eigenvalue weighted by atomic mass is 19.4. The Morgan fingerprint density at radius 2 is 2.09 bits per heavy atom. The zero-order valence-electron chi connectivity index (χ0n) is 11.7. The summed E-state index contributed by atoms with van der Waals surface area (Å²) in [6.07, 6.45) is 1.70. The van der Waals surface area contributed by atoms with Crippen LogP contribution < -0.4 is 9.47 Å². The fourth-order valence-corrected chi connectivity index (χ4v) is 2.31. The van der Waals surface area contributed by atoms with E-state index in [1.54, 1.807) is 6.07 Å².